The Bertz CT molecular complexity index is 976. The highest BCUT2D eigenvalue weighted by atomic mass is 16.6. The van der Waals surface area contributed by atoms with Gasteiger partial charge in [-0.05, 0) is 49.6 Å². The van der Waals surface area contributed by atoms with E-state index in [0.29, 0.717) is 35.1 Å². The van der Waals surface area contributed by atoms with Gasteiger partial charge in [-0.3, -0.25) is 9.59 Å². The molecule has 0 saturated carbocycles. The van der Waals surface area contributed by atoms with Gasteiger partial charge in [0.25, 0.3) is 11.8 Å². The summed E-state index contributed by atoms with van der Waals surface area (Å²) >= 11 is 0. The van der Waals surface area contributed by atoms with Gasteiger partial charge in [0.15, 0.2) is 11.5 Å². The van der Waals surface area contributed by atoms with E-state index in [2.05, 4.69) is 5.32 Å². The maximum atomic E-state index is 13.2. The molecule has 3 aliphatic heterocycles. The third-order valence-electron chi connectivity index (χ3n) is 5.88. The molecule has 0 aliphatic carbocycles. The summed E-state index contributed by atoms with van der Waals surface area (Å²) in [5.41, 5.74) is 1.03. The van der Waals surface area contributed by atoms with E-state index in [4.69, 9.17) is 14.2 Å². The van der Waals surface area contributed by atoms with Crippen molar-refractivity contribution in [3.63, 3.8) is 0 Å². The summed E-state index contributed by atoms with van der Waals surface area (Å²) < 4.78 is 17.3. The van der Waals surface area contributed by atoms with Crippen molar-refractivity contribution in [3.05, 3.63) is 48.0 Å². The maximum Gasteiger partial charge on any atom is 0.269 e. The van der Waals surface area contributed by atoms with Gasteiger partial charge in [0, 0.05) is 24.7 Å². The van der Waals surface area contributed by atoms with Crippen LogP contribution in [-0.4, -0.2) is 48.6 Å². The lowest BCUT2D eigenvalue weighted by Crippen LogP contribution is -2.45. The minimum absolute atomic E-state index is 0.0309. The molecule has 3 aliphatic rings. The van der Waals surface area contributed by atoms with E-state index in [1.165, 1.54) is 0 Å². The minimum Gasteiger partial charge on any atom is -0.493 e. The van der Waals surface area contributed by atoms with E-state index < -0.39 is 6.10 Å². The number of amides is 2. The highest BCUT2D eigenvalue weighted by Gasteiger charge is 2.32. The molecule has 1 fully saturated rings. The second kappa shape index (κ2) is 7.89. The van der Waals surface area contributed by atoms with Gasteiger partial charge in [-0.2, -0.15) is 0 Å². The van der Waals surface area contributed by atoms with Crippen molar-refractivity contribution in [1.29, 1.82) is 0 Å². The Labute approximate surface area is 174 Å². The molecule has 1 saturated heterocycles. The van der Waals surface area contributed by atoms with Crippen LogP contribution >= 0.6 is 0 Å². The lowest BCUT2D eigenvalue weighted by atomic mass is 9.97. The average Bonchev–Trinajstić information content (AvgIpc) is 2.78. The molecule has 1 N–H and O–H groups in total. The summed E-state index contributed by atoms with van der Waals surface area (Å²) in [6.07, 6.45) is 3.27. The molecule has 7 nitrogen and oxygen atoms in total. The third kappa shape index (κ3) is 3.56. The zero-order valence-corrected chi connectivity index (χ0v) is 16.6. The molecule has 156 valence electrons. The molecule has 2 amide bonds. The molecular weight excluding hydrogens is 384 g/mol. The third-order valence-corrected chi connectivity index (χ3v) is 5.88. The minimum atomic E-state index is -0.764. The normalized spacial score (nSPS) is 22.7. The van der Waals surface area contributed by atoms with Crippen LogP contribution in [0.1, 0.15) is 36.0 Å². The summed E-state index contributed by atoms with van der Waals surface area (Å²) in [7, 11) is 0. The van der Waals surface area contributed by atoms with Crippen molar-refractivity contribution < 1.29 is 23.8 Å². The van der Waals surface area contributed by atoms with E-state index >= 15 is 0 Å². The first-order valence-electron chi connectivity index (χ1n) is 10.5. The van der Waals surface area contributed by atoms with Gasteiger partial charge in [-0.1, -0.05) is 12.1 Å². The number of fused-ring (bicyclic) bond motifs is 3. The zero-order chi connectivity index (χ0) is 20.5. The fourth-order valence-electron chi connectivity index (χ4n) is 4.30. The molecule has 0 unspecified atom stereocenters. The molecule has 2 aromatic carbocycles. The molecule has 0 aromatic heterocycles. The molecule has 2 aromatic rings. The zero-order valence-electron chi connectivity index (χ0n) is 16.6. The van der Waals surface area contributed by atoms with E-state index in [1.807, 2.05) is 17.0 Å². The second-order valence-corrected chi connectivity index (χ2v) is 7.85. The molecular formula is C23H24N2O5. The van der Waals surface area contributed by atoms with Gasteiger partial charge >= 0.3 is 0 Å². The van der Waals surface area contributed by atoms with Crippen molar-refractivity contribution in [2.45, 2.75) is 37.8 Å². The first-order chi connectivity index (χ1) is 14.7. The van der Waals surface area contributed by atoms with Gasteiger partial charge in [-0.15, -0.1) is 0 Å². The SMILES string of the molecule is O=C(Nc1ccc2c(c1)C(=O)N1CCCC[C@@H]1CCO2)[C@H]1COc2ccccc2O1. The van der Waals surface area contributed by atoms with Gasteiger partial charge in [0.2, 0.25) is 6.10 Å². The van der Waals surface area contributed by atoms with Crippen molar-refractivity contribution in [1.82, 2.24) is 4.90 Å². The number of carbonyl (C=O) groups excluding carboxylic acids is 2. The van der Waals surface area contributed by atoms with E-state index in [1.54, 1.807) is 30.3 Å². The molecule has 0 radical (unpaired) electrons. The number of para-hydroxylation sites is 2. The Balaban J connectivity index is 1.34. The molecule has 30 heavy (non-hydrogen) atoms. The average molecular weight is 408 g/mol. The second-order valence-electron chi connectivity index (χ2n) is 7.85. The van der Waals surface area contributed by atoms with Crippen LogP contribution in [-0.2, 0) is 4.79 Å². The van der Waals surface area contributed by atoms with E-state index in [-0.39, 0.29) is 24.5 Å². The number of benzene rings is 2. The quantitative estimate of drug-likeness (QED) is 0.826. The Hall–Kier alpha value is -3.22. The predicted octanol–water partition coefficient (Wildman–Crippen LogP) is 3.24. The first-order valence-corrected chi connectivity index (χ1v) is 10.5. The molecule has 0 spiro atoms. The fraction of sp³-hybridized carbons (Fsp3) is 0.391. The Morgan fingerprint density at radius 3 is 2.77 bits per heavy atom. The largest absolute Gasteiger partial charge is 0.493 e. The number of ether oxygens (including phenoxy) is 3. The van der Waals surface area contributed by atoms with Gasteiger partial charge in [-0.25, -0.2) is 0 Å². The molecule has 5 rings (SSSR count). The standard InChI is InChI=1S/C23H24N2O5/c26-22(21-14-29-19-6-1-2-7-20(19)30-21)24-15-8-9-18-17(13-15)23(27)25-11-4-3-5-16(25)10-12-28-18/h1-2,6-9,13,16,21H,3-5,10-12,14H2,(H,24,26)/t16-,21-/m1/s1. The van der Waals surface area contributed by atoms with Gasteiger partial charge in [0.05, 0.1) is 12.2 Å². The molecule has 0 bridgehead atoms. The van der Waals surface area contributed by atoms with Crippen LogP contribution in [0, 0.1) is 0 Å². The van der Waals surface area contributed by atoms with Crippen LogP contribution in [0.2, 0.25) is 0 Å². The van der Waals surface area contributed by atoms with Crippen LogP contribution < -0.4 is 19.5 Å². The van der Waals surface area contributed by atoms with Crippen molar-refractivity contribution in [3.8, 4) is 17.2 Å². The summed E-state index contributed by atoms with van der Waals surface area (Å²) in [4.78, 5) is 27.9. The molecule has 2 atom stereocenters. The number of nitrogens with one attached hydrogen (secondary N) is 1. The fourth-order valence-corrected chi connectivity index (χ4v) is 4.30. The maximum absolute atomic E-state index is 13.2. The number of nitrogens with zero attached hydrogens (tertiary/aromatic N) is 1. The van der Waals surface area contributed by atoms with Crippen molar-refractivity contribution in [2.24, 2.45) is 0 Å². The predicted molar refractivity (Wildman–Crippen MR) is 110 cm³/mol. The van der Waals surface area contributed by atoms with E-state index in [9.17, 15) is 9.59 Å². The lowest BCUT2D eigenvalue weighted by Gasteiger charge is -2.37. The smallest absolute Gasteiger partial charge is 0.269 e. The Kier molecular flexibility index (Phi) is 4.94. The summed E-state index contributed by atoms with van der Waals surface area (Å²) in [5.74, 6) is 1.38. The van der Waals surface area contributed by atoms with Crippen LogP contribution in [0.5, 0.6) is 17.2 Å². The van der Waals surface area contributed by atoms with Crippen molar-refractivity contribution >= 4 is 17.5 Å². The van der Waals surface area contributed by atoms with Crippen LogP contribution in [0.4, 0.5) is 5.69 Å². The highest BCUT2D eigenvalue weighted by Crippen LogP contribution is 2.33. The van der Waals surface area contributed by atoms with Crippen LogP contribution in [0.25, 0.3) is 0 Å². The number of carbonyl (C=O) groups is 2. The van der Waals surface area contributed by atoms with Crippen molar-refractivity contribution in [2.75, 3.05) is 25.1 Å². The monoisotopic (exact) mass is 408 g/mol. The van der Waals surface area contributed by atoms with Crippen LogP contribution in [0.15, 0.2) is 42.5 Å². The Morgan fingerprint density at radius 2 is 1.87 bits per heavy atom. The Morgan fingerprint density at radius 1 is 1.00 bits per heavy atom. The molecule has 3 heterocycles. The summed E-state index contributed by atoms with van der Waals surface area (Å²) in [6.45, 7) is 1.48. The van der Waals surface area contributed by atoms with Gasteiger partial charge in [0.1, 0.15) is 12.4 Å². The number of rotatable bonds is 2. The summed E-state index contributed by atoms with van der Waals surface area (Å²) in [5, 5.41) is 2.85. The number of piperidine rings is 1. The topological polar surface area (TPSA) is 77.1 Å². The number of hydrogen-bond acceptors (Lipinski definition) is 5. The first kappa shape index (κ1) is 18.8. The number of hydrogen-bond donors (Lipinski definition) is 1. The molecule has 7 heteroatoms. The van der Waals surface area contributed by atoms with Crippen LogP contribution in [0.3, 0.4) is 0 Å². The van der Waals surface area contributed by atoms with Gasteiger partial charge < -0.3 is 24.4 Å². The lowest BCUT2D eigenvalue weighted by molar-refractivity contribution is -0.125. The highest BCUT2D eigenvalue weighted by molar-refractivity contribution is 6.00. The number of anilines is 1. The summed E-state index contributed by atoms with van der Waals surface area (Å²) in [6, 6.07) is 12.7. The van der Waals surface area contributed by atoms with E-state index in [0.717, 1.165) is 32.2 Å².